The number of nitrogens with one attached hydrogen (secondary N) is 2. The Balaban J connectivity index is 1.67. The molecule has 0 aromatic heterocycles. The molecule has 0 saturated carbocycles. The molecule has 25 heavy (non-hydrogen) atoms. The average molecular weight is 338 g/mol. The summed E-state index contributed by atoms with van der Waals surface area (Å²) in [5.41, 5.74) is 3.70. The fourth-order valence-corrected chi connectivity index (χ4v) is 3.47. The van der Waals surface area contributed by atoms with E-state index in [1.807, 2.05) is 42.5 Å². The number of piperidine rings is 1. The lowest BCUT2D eigenvalue weighted by Gasteiger charge is -2.23. The van der Waals surface area contributed by atoms with E-state index in [0.29, 0.717) is 12.5 Å². The van der Waals surface area contributed by atoms with Gasteiger partial charge in [0.05, 0.1) is 6.61 Å². The second kappa shape index (κ2) is 8.79. The van der Waals surface area contributed by atoms with Crippen LogP contribution < -0.4 is 10.6 Å². The molecule has 0 aliphatic carbocycles. The number of benzene rings is 2. The minimum absolute atomic E-state index is 0.0155. The fourth-order valence-electron chi connectivity index (χ4n) is 3.47. The molecular formula is C21H26N2O2. The number of aliphatic hydroxyl groups is 1. The Bertz CT molecular complexity index is 709. The molecule has 2 aromatic rings. The molecule has 1 saturated heterocycles. The number of hydrogen-bond acceptors (Lipinski definition) is 3. The number of aliphatic hydroxyl groups excluding tert-OH is 1. The molecule has 4 heteroatoms. The first kappa shape index (κ1) is 17.6. The molecule has 132 valence electrons. The van der Waals surface area contributed by atoms with E-state index in [-0.39, 0.29) is 12.5 Å². The Kier molecular flexibility index (Phi) is 6.20. The van der Waals surface area contributed by atoms with Gasteiger partial charge in [-0.3, -0.25) is 4.79 Å². The highest BCUT2D eigenvalue weighted by Crippen LogP contribution is 2.21. The van der Waals surface area contributed by atoms with E-state index >= 15 is 0 Å². The first-order valence-electron chi connectivity index (χ1n) is 9.02. The van der Waals surface area contributed by atoms with E-state index in [1.165, 1.54) is 12.8 Å². The zero-order chi connectivity index (χ0) is 17.5. The summed E-state index contributed by atoms with van der Waals surface area (Å²) >= 11 is 0. The second-order valence-corrected chi connectivity index (χ2v) is 6.66. The van der Waals surface area contributed by atoms with Crippen molar-refractivity contribution in [2.75, 3.05) is 13.1 Å². The van der Waals surface area contributed by atoms with Gasteiger partial charge in [0.25, 0.3) is 5.91 Å². The maximum absolute atomic E-state index is 12.7. The number of carbonyl (C=O) groups is 1. The van der Waals surface area contributed by atoms with Crippen LogP contribution in [0.3, 0.4) is 0 Å². The van der Waals surface area contributed by atoms with E-state index < -0.39 is 0 Å². The standard InChI is InChI=1S/C21H26N2O2/c24-15-19-7-2-1-6-18(19)14-23-21(25)20-8-4-3-5-17(20)13-16-9-11-22-12-10-16/h1-8,16,22,24H,9-15H2,(H,23,25). The summed E-state index contributed by atoms with van der Waals surface area (Å²) in [5, 5.41) is 15.8. The number of rotatable bonds is 6. The summed E-state index contributed by atoms with van der Waals surface area (Å²) in [7, 11) is 0. The van der Waals surface area contributed by atoms with Crippen molar-refractivity contribution in [3.05, 3.63) is 70.8 Å². The SMILES string of the molecule is O=C(NCc1ccccc1CO)c1ccccc1CC1CCNCC1. The minimum Gasteiger partial charge on any atom is -0.392 e. The van der Waals surface area contributed by atoms with Crippen molar-refractivity contribution in [2.45, 2.75) is 32.4 Å². The molecule has 1 heterocycles. The Morgan fingerprint density at radius 1 is 1.00 bits per heavy atom. The van der Waals surface area contributed by atoms with Gasteiger partial charge in [-0.2, -0.15) is 0 Å². The van der Waals surface area contributed by atoms with Crippen LogP contribution in [0.2, 0.25) is 0 Å². The third-order valence-electron chi connectivity index (χ3n) is 4.96. The van der Waals surface area contributed by atoms with Gasteiger partial charge in [-0.25, -0.2) is 0 Å². The van der Waals surface area contributed by atoms with Gasteiger partial charge in [0.2, 0.25) is 0 Å². The van der Waals surface area contributed by atoms with Gasteiger partial charge in [-0.15, -0.1) is 0 Å². The smallest absolute Gasteiger partial charge is 0.251 e. The quantitative estimate of drug-likeness (QED) is 0.759. The summed E-state index contributed by atoms with van der Waals surface area (Å²) in [6.45, 7) is 2.55. The molecule has 0 atom stereocenters. The van der Waals surface area contributed by atoms with Gasteiger partial charge < -0.3 is 15.7 Å². The molecule has 2 aromatic carbocycles. The second-order valence-electron chi connectivity index (χ2n) is 6.66. The van der Waals surface area contributed by atoms with Gasteiger partial charge in [0.15, 0.2) is 0 Å². The van der Waals surface area contributed by atoms with Crippen LogP contribution in [0.4, 0.5) is 0 Å². The molecule has 0 spiro atoms. The Labute approximate surface area is 149 Å². The van der Waals surface area contributed by atoms with Crippen LogP contribution in [-0.4, -0.2) is 24.1 Å². The van der Waals surface area contributed by atoms with Crippen LogP contribution in [0.25, 0.3) is 0 Å². The minimum atomic E-state index is -0.0442. The monoisotopic (exact) mass is 338 g/mol. The highest BCUT2D eigenvalue weighted by atomic mass is 16.3. The molecule has 3 N–H and O–H groups in total. The summed E-state index contributed by atoms with van der Waals surface area (Å²) in [6, 6.07) is 15.5. The number of carbonyl (C=O) groups excluding carboxylic acids is 1. The maximum atomic E-state index is 12.7. The molecule has 1 aliphatic heterocycles. The van der Waals surface area contributed by atoms with E-state index in [2.05, 4.69) is 16.7 Å². The molecule has 0 unspecified atom stereocenters. The molecule has 0 radical (unpaired) electrons. The summed E-state index contributed by atoms with van der Waals surface area (Å²) in [6.07, 6.45) is 3.29. The summed E-state index contributed by atoms with van der Waals surface area (Å²) in [5.74, 6) is 0.600. The van der Waals surface area contributed by atoms with Crippen LogP contribution in [0, 0.1) is 5.92 Å². The van der Waals surface area contributed by atoms with Gasteiger partial charge in [0.1, 0.15) is 0 Å². The van der Waals surface area contributed by atoms with Gasteiger partial charge in [-0.1, -0.05) is 42.5 Å². The molecule has 1 amide bonds. The van der Waals surface area contributed by atoms with Crippen LogP contribution in [-0.2, 0) is 19.6 Å². The molecule has 4 nitrogen and oxygen atoms in total. The Morgan fingerprint density at radius 3 is 2.36 bits per heavy atom. The van der Waals surface area contributed by atoms with E-state index in [9.17, 15) is 9.90 Å². The largest absolute Gasteiger partial charge is 0.392 e. The predicted octanol–water partition coefficient (Wildman–Crippen LogP) is 2.65. The molecule has 3 rings (SSSR count). The van der Waals surface area contributed by atoms with Crippen LogP contribution in [0.1, 0.15) is 39.9 Å². The van der Waals surface area contributed by atoms with Crippen LogP contribution in [0.15, 0.2) is 48.5 Å². The van der Waals surface area contributed by atoms with Crippen LogP contribution in [0.5, 0.6) is 0 Å². The molecule has 1 aliphatic rings. The fraction of sp³-hybridized carbons (Fsp3) is 0.381. The van der Waals surface area contributed by atoms with E-state index in [4.69, 9.17) is 0 Å². The van der Waals surface area contributed by atoms with Crippen LogP contribution >= 0.6 is 0 Å². The topological polar surface area (TPSA) is 61.4 Å². The lowest BCUT2D eigenvalue weighted by molar-refractivity contribution is 0.0949. The van der Waals surface area contributed by atoms with Gasteiger partial charge in [0, 0.05) is 12.1 Å². The van der Waals surface area contributed by atoms with Gasteiger partial charge in [-0.05, 0) is 61.0 Å². The summed E-state index contributed by atoms with van der Waals surface area (Å²) < 4.78 is 0. The van der Waals surface area contributed by atoms with Crippen molar-refractivity contribution >= 4 is 5.91 Å². The first-order chi connectivity index (χ1) is 12.3. The van der Waals surface area contributed by atoms with Crippen molar-refractivity contribution in [1.82, 2.24) is 10.6 Å². The zero-order valence-electron chi connectivity index (χ0n) is 14.5. The highest BCUT2D eigenvalue weighted by molar-refractivity contribution is 5.95. The van der Waals surface area contributed by atoms with Crippen molar-refractivity contribution in [3.63, 3.8) is 0 Å². The van der Waals surface area contributed by atoms with Crippen molar-refractivity contribution in [3.8, 4) is 0 Å². The third-order valence-corrected chi connectivity index (χ3v) is 4.96. The van der Waals surface area contributed by atoms with Crippen molar-refractivity contribution < 1.29 is 9.90 Å². The Morgan fingerprint density at radius 2 is 1.64 bits per heavy atom. The van der Waals surface area contributed by atoms with Crippen molar-refractivity contribution in [1.29, 1.82) is 0 Å². The predicted molar refractivity (Wildman–Crippen MR) is 99.3 cm³/mol. The summed E-state index contributed by atoms with van der Waals surface area (Å²) in [4.78, 5) is 12.7. The number of amides is 1. The first-order valence-corrected chi connectivity index (χ1v) is 9.02. The highest BCUT2D eigenvalue weighted by Gasteiger charge is 2.17. The van der Waals surface area contributed by atoms with Crippen molar-refractivity contribution in [2.24, 2.45) is 5.92 Å². The van der Waals surface area contributed by atoms with Gasteiger partial charge >= 0.3 is 0 Å². The molecule has 1 fully saturated rings. The normalized spacial score (nSPS) is 15.1. The molecule has 0 bridgehead atoms. The Hall–Kier alpha value is -2.17. The number of hydrogen-bond donors (Lipinski definition) is 3. The average Bonchev–Trinajstić information content (AvgIpc) is 2.67. The zero-order valence-corrected chi connectivity index (χ0v) is 14.5. The molecular weight excluding hydrogens is 312 g/mol. The lowest BCUT2D eigenvalue weighted by Crippen LogP contribution is -2.29. The maximum Gasteiger partial charge on any atom is 0.251 e. The van der Waals surface area contributed by atoms with E-state index in [0.717, 1.165) is 41.8 Å². The van der Waals surface area contributed by atoms with E-state index in [1.54, 1.807) is 0 Å². The third kappa shape index (κ3) is 4.68. The lowest BCUT2D eigenvalue weighted by atomic mass is 9.89.